The molecule has 1 heterocycles. The molecule has 5 heteroatoms. The fraction of sp³-hybridized carbons (Fsp3) is 0.846. The summed E-state index contributed by atoms with van der Waals surface area (Å²) in [6, 6.07) is -0.818. The number of carboxylic acids is 1. The predicted octanol–water partition coefficient (Wildman–Crippen LogP) is 1.51. The molecular weight excluding hydrogens is 234 g/mol. The van der Waals surface area contributed by atoms with Crippen molar-refractivity contribution in [2.75, 3.05) is 19.8 Å². The van der Waals surface area contributed by atoms with Crippen LogP contribution in [0.4, 0.5) is 0 Å². The van der Waals surface area contributed by atoms with Crippen molar-refractivity contribution in [2.45, 2.75) is 45.6 Å². The van der Waals surface area contributed by atoms with Crippen LogP contribution < -0.4 is 0 Å². The number of ether oxygens (including phenoxy) is 1. The van der Waals surface area contributed by atoms with Crippen molar-refractivity contribution in [3.05, 3.63) is 0 Å². The zero-order valence-corrected chi connectivity index (χ0v) is 11.2. The predicted molar refractivity (Wildman–Crippen MR) is 67.3 cm³/mol. The zero-order valence-electron chi connectivity index (χ0n) is 11.2. The van der Waals surface area contributed by atoms with Gasteiger partial charge in [0.2, 0.25) is 5.91 Å². The van der Waals surface area contributed by atoms with Crippen LogP contribution in [0.3, 0.4) is 0 Å². The third-order valence-corrected chi connectivity index (χ3v) is 3.44. The Bertz CT molecular complexity index is 293. The summed E-state index contributed by atoms with van der Waals surface area (Å²) in [5.74, 6) is -1.06. The first kappa shape index (κ1) is 15.0. The van der Waals surface area contributed by atoms with Gasteiger partial charge < -0.3 is 14.7 Å². The lowest BCUT2D eigenvalue weighted by Crippen LogP contribution is -2.54. The summed E-state index contributed by atoms with van der Waals surface area (Å²) < 4.78 is 5.14. The average Bonchev–Trinajstić information content (AvgIpc) is 2.39. The molecule has 2 atom stereocenters. The van der Waals surface area contributed by atoms with Crippen molar-refractivity contribution in [3.8, 4) is 0 Å². The number of carbonyl (C=O) groups excluding carboxylic acids is 1. The molecule has 0 radical (unpaired) electrons. The summed E-state index contributed by atoms with van der Waals surface area (Å²) >= 11 is 0. The van der Waals surface area contributed by atoms with Crippen LogP contribution in [0, 0.1) is 5.92 Å². The van der Waals surface area contributed by atoms with E-state index in [9.17, 15) is 9.59 Å². The minimum Gasteiger partial charge on any atom is -0.480 e. The first-order valence-corrected chi connectivity index (χ1v) is 6.72. The SMILES string of the molecule is CCCCC(CC)C(=O)N1CCOCC1C(=O)O. The van der Waals surface area contributed by atoms with E-state index in [0.717, 1.165) is 25.7 Å². The molecule has 1 aliphatic heterocycles. The third-order valence-electron chi connectivity index (χ3n) is 3.44. The molecule has 1 amide bonds. The van der Waals surface area contributed by atoms with E-state index in [4.69, 9.17) is 9.84 Å². The lowest BCUT2D eigenvalue weighted by atomic mass is 9.97. The number of hydrogen-bond donors (Lipinski definition) is 1. The van der Waals surface area contributed by atoms with Crippen molar-refractivity contribution in [3.63, 3.8) is 0 Å². The van der Waals surface area contributed by atoms with Gasteiger partial charge in [-0.05, 0) is 12.8 Å². The highest BCUT2D eigenvalue weighted by molar-refractivity contribution is 5.85. The zero-order chi connectivity index (χ0) is 13.5. The molecule has 0 aromatic carbocycles. The minimum absolute atomic E-state index is 0.0262. The van der Waals surface area contributed by atoms with Crippen LogP contribution in [0.25, 0.3) is 0 Å². The van der Waals surface area contributed by atoms with Gasteiger partial charge in [-0.25, -0.2) is 4.79 Å². The largest absolute Gasteiger partial charge is 0.480 e. The smallest absolute Gasteiger partial charge is 0.328 e. The van der Waals surface area contributed by atoms with E-state index < -0.39 is 12.0 Å². The van der Waals surface area contributed by atoms with Crippen LogP contribution in [0.2, 0.25) is 0 Å². The van der Waals surface area contributed by atoms with Crippen molar-refractivity contribution in [2.24, 2.45) is 5.92 Å². The number of unbranched alkanes of at least 4 members (excludes halogenated alkanes) is 1. The highest BCUT2D eigenvalue weighted by Gasteiger charge is 2.35. The second-order valence-electron chi connectivity index (χ2n) is 4.71. The molecule has 0 aliphatic carbocycles. The van der Waals surface area contributed by atoms with Gasteiger partial charge in [-0.15, -0.1) is 0 Å². The van der Waals surface area contributed by atoms with E-state index in [0.29, 0.717) is 13.2 Å². The number of hydrogen-bond acceptors (Lipinski definition) is 3. The normalized spacial score (nSPS) is 21.7. The number of morpholine rings is 1. The first-order chi connectivity index (χ1) is 8.61. The Balaban J connectivity index is 2.68. The lowest BCUT2D eigenvalue weighted by molar-refractivity contribution is -0.160. The molecular formula is C13H23NO4. The number of rotatable bonds is 6. The monoisotopic (exact) mass is 257 g/mol. The summed E-state index contributed by atoms with van der Waals surface area (Å²) in [6.45, 7) is 4.99. The third kappa shape index (κ3) is 3.70. The van der Waals surface area contributed by atoms with E-state index in [2.05, 4.69) is 6.92 Å². The summed E-state index contributed by atoms with van der Waals surface area (Å²) in [6.07, 6.45) is 3.67. The molecule has 1 N–H and O–H groups in total. The van der Waals surface area contributed by atoms with Gasteiger partial charge >= 0.3 is 5.97 Å². The highest BCUT2D eigenvalue weighted by atomic mass is 16.5. The summed E-state index contributed by atoms with van der Waals surface area (Å²) in [5.41, 5.74) is 0. The Morgan fingerprint density at radius 3 is 2.72 bits per heavy atom. The molecule has 1 fully saturated rings. The van der Waals surface area contributed by atoms with Crippen molar-refractivity contribution >= 4 is 11.9 Å². The van der Waals surface area contributed by atoms with Crippen molar-refractivity contribution in [1.29, 1.82) is 0 Å². The second-order valence-corrected chi connectivity index (χ2v) is 4.71. The molecule has 0 saturated carbocycles. The van der Waals surface area contributed by atoms with Crippen LogP contribution in [-0.4, -0.2) is 47.7 Å². The molecule has 5 nitrogen and oxygen atoms in total. The Labute approximate surface area is 108 Å². The van der Waals surface area contributed by atoms with Crippen LogP contribution in [0.15, 0.2) is 0 Å². The summed E-state index contributed by atoms with van der Waals surface area (Å²) in [4.78, 5) is 25.0. The van der Waals surface area contributed by atoms with Gasteiger partial charge in [0, 0.05) is 12.5 Å². The van der Waals surface area contributed by atoms with Crippen LogP contribution in [0.1, 0.15) is 39.5 Å². The quantitative estimate of drug-likeness (QED) is 0.783. The van der Waals surface area contributed by atoms with Crippen LogP contribution in [-0.2, 0) is 14.3 Å². The maximum absolute atomic E-state index is 12.4. The van der Waals surface area contributed by atoms with Gasteiger partial charge in [-0.1, -0.05) is 26.7 Å². The lowest BCUT2D eigenvalue weighted by Gasteiger charge is -2.35. The van der Waals surface area contributed by atoms with Gasteiger partial charge in [-0.3, -0.25) is 4.79 Å². The van der Waals surface area contributed by atoms with Crippen LogP contribution in [0.5, 0.6) is 0 Å². The molecule has 0 spiro atoms. The molecule has 104 valence electrons. The number of amides is 1. The second kappa shape index (κ2) is 7.36. The number of carboxylic acid groups (broad SMARTS) is 1. The Morgan fingerprint density at radius 2 is 2.17 bits per heavy atom. The minimum atomic E-state index is -0.978. The van der Waals surface area contributed by atoms with E-state index in [1.54, 1.807) is 0 Å². The number of carbonyl (C=O) groups is 2. The fourth-order valence-electron chi connectivity index (χ4n) is 2.26. The Morgan fingerprint density at radius 1 is 1.44 bits per heavy atom. The maximum atomic E-state index is 12.4. The molecule has 0 aromatic rings. The first-order valence-electron chi connectivity index (χ1n) is 6.72. The van der Waals surface area contributed by atoms with Gasteiger partial charge in [0.15, 0.2) is 6.04 Å². The average molecular weight is 257 g/mol. The molecule has 1 rings (SSSR count). The van der Waals surface area contributed by atoms with E-state index >= 15 is 0 Å². The highest BCUT2D eigenvalue weighted by Crippen LogP contribution is 2.19. The molecule has 0 bridgehead atoms. The topological polar surface area (TPSA) is 66.8 Å². The summed E-state index contributed by atoms with van der Waals surface area (Å²) in [5, 5.41) is 9.11. The van der Waals surface area contributed by atoms with Crippen LogP contribution >= 0.6 is 0 Å². The van der Waals surface area contributed by atoms with Gasteiger partial charge in [0.05, 0.1) is 13.2 Å². The standard InChI is InChI=1S/C13H23NO4/c1-3-5-6-10(4-2)12(15)14-7-8-18-9-11(14)13(16)17/h10-11H,3-9H2,1-2H3,(H,16,17). The van der Waals surface area contributed by atoms with Gasteiger partial charge in [-0.2, -0.15) is 0 Å². The fourth-order valence-corrected chi connectivity index (χ4v) is 2.26. The maximum Gasteiger partial charge on any atom is 0.328 e. The number of aliphatic carboxylic acids is 1. The van der Waals surface area contributed by atoms with Crippen molar-refractivity contribution in [1.82, 2.24) is 4.90 Å². The summed E-state index contributed by atoms with van der Waals surface area (Å²) in [7, 11) is 0. The Kier molecular flexibility index (Phi) is 6.12. The molecule has 1 saturated heterocycles. The van der Waals surface area contributed by atoms with Gasteiger partial charge in [0.25, 0.3) is 0 Å². The molecule has 1 aliphatic rings. The molecule has 0 aromatic heterocycles. The van der Waals surface area contributed by atoms with Crippen molar-refractivity contribution < 1.29 is 19.4 Å². The van der Waals surface area contributed by atoms with E-state index in [1.807, 2.05) is 6.92 Å². The molecule has 18 heavy (non-hydrogen) atoms. The van der Waals surface area contributed by atoms with Gasteiger partial charge in [0.1, 0.15) is 0 Å². The molecule has 2 unspecified atom stereocenters. The van der Waals surface area contributed by atoms with E-state index in [1.165, 1.54) is 4.90 Å². The van der Waals surface area contributed by atoms with E-state index in [-0.39, 0.29) is 18.4 Å². The number of nitrogens with zero attached hydrogens (tertiary/aromatic N) is 1. The Hall–Kier alpha value is -1.10.